The van der Waals surface area contributed by atoms with Gasteiger partial charge >= 0.3 is 0 Å². The summed E-state index contributed by atoms with van der Waals surface area (Å²) in [4.78, 5) is 3.82. The lowest BCUT2D eigenvalue weighted by atomic mass is 9.92. The third-order valence-electron chi connectivity index (χ3n) is 3.02. The second kappa shape index (κ2) is 5.21. The quantitative estimate of drug-likeness (QED) is 0.795. The van der Waals surface area contributed by atoms with Crippen LogP contribution in [-0.2, 0) is 0 Å². The molecule has 1 aromatic rings. The van der Waals surface area contributed by atoms with Crippen molar-refractivity contribution in [1.82, 2.24) is 4.98 Å². The lowest BCUT2D eigenvalue weighted by Gasteiger charge is -2.17. The van der Waals surface area contributed by atoms with E-state index in [2.05, 4.69) is 11.1 Å². The Kier molecular flexibility index (Phi) is 3.67. The minimum atomic E-state index is -0.314. The number of aromatic nitrogens is 1. The van der Waals surface area contributed by atoms with Gasteiger partial charge in [-0.3, -0.25) is 4.98 Å². The van der Waals surface area contributed by atoms with Gasteiger partial charge in [0.25, 0.3) is 0 Å². The van der Waals surface area contributed by atoms with Crippen molar-refractivity contribution < 1.29 is 4.39 Å². The molecule has 0 amide bonds. The molecule has 1 heterocycles. The number of hydrogen-bond acceptors (Lipinski definition) is 2. The third kappa shape index (κ3) is 2.89. The molecule has 0 bridgehead atoms. The summed E-state index contributed by atoms with van der Waals surface area (Å²) in [6.07, 6.45) is 10.8. The van der Waals surface area contributed by atoms with Crippen LogP contribution in [0.1, 0.15) is 43.7 Å². The van der Waals surface area contributed by atoms with E-state index in [0.717, 1.165) is 24.8 Å². The molecule has 2 N–H and O–H groups in total. The van der Waals surface area contributed by atoms with Gasteiger partial charge in [0.15, 0.2) is 0 Å². The zero-order chi connectivity index (χ0) is 11.4. The van der Waals surface area contributed by atoms with Crippen molar-refractivity contribution in [2.45, 2.75) is 38.1 Å². The third-order valence-corrected chi connectivity index (χ3v) is 3.02. The summed E-state index contributed by atoms with van der Waals surface area (Å²) in [6.45, 7) is 0. The Morgan fingerprint density at radius 2 is 2.25 bits per heavy atom. The number of rotatable bonds is 3. The van der Waals surface area contributed by atoms with Crippen molar-refractivity contribution >= 4 is 0 Å². The normalized spacial score (nSPS) is 18.0. The highest BCUT2D eigenvalue weighted by Gasteiger charge is 2.11. The van der Waals surface area contributed by atoms with Crippen LogP contribution in [0.3, 0.4) is 0 Å². The first-order valence-electron chi connectivity index (χ1n) is 5.79. The molecule has 3 heteroatoms. The molecule has 1 unspecified atom stereocenters. The molecule has 1 aliphatic carbocycles. The first kappa shape index (κ1) is 11.3. The van der Waals surface area contributed by atoms with Crippen LogP contribution in [0.5, 0.6) is 0 Å². The van der Waals surface area contributed by atoms with Crippen LogP contribution in [0.15, 0.2) is 30.1 Å². The van der Waals surface area contributed by atoms with Gasteiger partial charge in [0.05, 0.1) is 6.20 Å². The zero-order valence-electron chi connectivity index (χ0n) is 9.32. The van der Waals surface area contributed by atoms with Crippen molar-refractivity contribution in [2.75, 3.05) is 0 Å². The van der Waals surface area contributed by atoms with E-state index in [1.54, 1.807) is 6.20 Å². The van der Waals surface area contributed by atoms with Gasteiger partial charge in [-0.15, -0.1) is 0 Å². The highest BCUT2D eigenvalue weighted by atomic mass is 19.1. The topological polar surface area (TPSA) is 38.9 Å². The Labute approximate surface area is 95.4 Å². The lowest BCUT2D eigenvalue weighted by molar-refractivity contribution is 0.600. The minimum absolute atomic E-state index is 0.132. The SMILES string of the molecule is NC(CC1=CCCCC1)c1cncc(F)c1. The average molecular weight is 220 g/mol. The fourth-order valence-corrected chi connectivity index (χ4v) is 2.12. The minimum Gasteiger partial charge on any atom is -0.324 e. The molecule has 2 nitrogen and oxygen atoms in total. The highest BCUT2D eigenvalue weighted by Crippen LogP contribution is 2.25. The number of hydrogen-bond donors (Lipinski definition) is 1. The number of nitrogens with zero attached hydrogens (tertiary/aromatic N) is 1. The molecule has 1 atom stereocenters. The van der Waals surface area contributed by atoms with E-state index in [-0.39, 0.29) is 11.9 Å². The molecular formula is C13H17FN2. The lowest BCUT2D eigenvalue weighted by Crippen LogP contribution is -2.12. The van der Waals surface area contributed by atoms with Gasteiger partial charge in [-0.1, -0.05) is 11.6 Å². The van der Waals surface area contributed by atoms with Crippen molar-refractivity contribution in [3.63, 3.8) is 0 Å². The Hall–Kier alpha value is -1.22. The largest absolute Gasteiger partial charge is 0.324 e. The number of pyridine rings is 1. The predicted octanol–water partition coefficient (Wildman–Crippen LogP) is 3.11. The Balaban J connectivity index is 2.02. The van der Waals surface area contributed by atoms with Crippen LogP contribution in [0.2, 0.25) is 0 Å². The van der Waals surface area contributed by atoms with E-state index >= 15 is 0 Å². The van der Waals surface area contributed by atoms with E-state index in [0.29, 0.717) is 0 Å². The summed E-state index contributed by atoms with van der Waals surface area (Å²) >= 11 is 0. The van der Waals surface area contributed by atoms with Crippen molar-refractivity contribution in [3.05, 3.63) is 41.5 Å². The summed E-state index contributed by atoms with van der Waals surface area (Å²) in [5.41, 5.74) is 8.24. The monoisotopic (exact) mass is 220 g/mol. The molecule has 0 saturated carbocycles. The molecule has 0 aromatic carbocycles. The van der Waals surface area contributed by atoms with Crippen LogP contribution < -0.4 is 5.73 Å². The summed E-state index contributed by atoms with van der Waals surface area (Å²) in [6, 6.07) is 1.34. The fraction of sp³-hybridized carbons (Fsp3) is 0.462. The van der Waals surface area contributed by atoms with Gasteiger partial charge in [-0.05, 0) is 43.7 Å². The van der Waals surface area contributed by atoms with Gasteiger partial charge in [0.1, 0.15) is 5.82 Å². The van der Waals surface area contributed by atoms with E-state index in [9.17, 15) is 4.39 Å². The molecule has 0 fully saturated rings. The summed E-state index contributed by atoms with van der Waals surface area (Å²) in [7, 11) is 0. The molecular weight excluding hydrogens is 203 g/mol. The molecule has 1 aliphatic rings. The van der Waals surface area contributed by atoms with Gasteiger partial charge in [0.2, 0.25) is 0 Å². The second-order valence-electron chi connectivity index (χ2n) is 4.36. The van der Waals surface area contributed by atoms with Crippen LogP contribution in [0.4, 0.5) is 4.39 Å². The van der Waals surface area contributed by atoms with Gasteiger partial charge < -0.3 is 5.73 Å². The predicted molar refractivity (Wildman–Crippen MR) is 62.3 cm³/mol. The molecule has 16 heavy (non-hydrogen) atoms. The maximum atomic E-state index is 13.0. The van der Waals surface area contributed by atoms with E-state index in [1.165, 1.54) is 30.7 Å². The van der Waals surface area contributed by atoms with Crippen molar-refractivity contribution in [1.29, 1.82) is 0 Å². The molecule has 2 rings (SSSR count). The number of nitrogens with two attached hydrogens (primary N) is 1. The molecule has 0 spiro atoms. The summed E-state index contributed by atoms with van der Waals surface area (Å²) in [5.74, 6) is -0.314. The molecule has 0 radical (unpaired) electrons. The summed E-state index contributed by atoms with van der Waals surface area (Å²) in [5, 5.41) is 0. The standard InChI is InChI=1S/C13H17FN2/c14-12-7-11(8-16-9-12)13(15)6-10-4-2-1-3-5-10/h4,7-9,13H,1-3,5-6,15H2. The van der Waals surface area contributed by atoms with Gasteiger partial charge in [-0.2, -0.15) is 0 Å². The van der Waals surface area contributed by atoms with E-state index in [4.69, 9.17) is 5.73 Å². The van der Waals surface area contributed by atoms with Crippen LogP contribution in [-0.4, -0.2) is 4.98 Å². The number of halogens is 1. The maximum Gasteiger partial charge on any atom is 0.141 e. The Morgan fingerprint density at radius 3 is 2.94 bits per heavy atom. The van der Waals surface area contributed by atoms with Crippen LogP contribution in [0, 0.1) is 5.82 Å². The smallest absolute Gasteiger partial charge is 0.141 e. The van der Waals surface area contributed by atoms with Gasteiger partial charge in [0, 0.05) is 12.2 Å². The van der Waals surface area contributed by atoms with E-state index in [1.807, 2.05) is 0 Å². The van der Waals surface area contributed by atoms with Crippen molar-refractivity contribution in [2.24, 2.45) is 5.73 Å². The van der Waals surface area contributed by atoms with E-state index < -0.39 is 0 Å². The first-order valence-corrected chi connectivity index (χ1v) is 5.79. The molecule has 86 valence electrons. The Bertz CT molecular complexity index is 387. The molecule has 0 aliphatic heterocycles. The Morgan fingerprint density at radius 1 is 1.38 bits per heavy atom. The van der Waals surface area contributed by atoms with Crippen LogP contribution in [0.25, 0.3) is 0 Å². The van der Waals surface area contributed by atoms with Crippen LogP contribution >= 0.6 is 0 Å². The second-order valence-corrected chi connectivity index (χ2v) is 4.36. The fourth-order valence-electron chi connectivity index (χ4n) is 2.12. The molecule has 0 saturated heterocycles. The summed E-state index contributed by atoms with van der Waals surface area (Å²) < 4.78 is 13.0. The van der Waals surface area contributed by atoms with Gasteiger partial charge in [-0.25, -0.2) is 4.39 Å². The number of allylic oxidation sites excluding steroid dienone is 1. The van der Waals surface area contributed by atoms with Crippen molar-refractivity contribution in [3.8, 4) is 0 Å². The average Bonchev–Trinajstić information content (AvgIpc) is 2.30. The highest BCUT2D eigenvalue weighted by molar-refractivity contribution is 5.18. The molecule has 1 aromatic heterocycles. The maximum absolute atomic E-state index is 13.0. The zero-order valence-corrected chi connectivity index (χ0v) is 9.32. The first-order chi connectivity index (χ1) is 7.75.